The van der Waals surface area contributed by atoms with E-state index in [1.54, 1.807) is 0 Å². The molecule has 0 aromatic carbocycles. The molecule has 0 N–H and O–H groups in total. The van der Waals surface area contributed by atoms with E-state index in [-0.39, 0.29) is 0 Å². The van der Waals surface area contributed by atoms with Crippen LogP contribution in [0.5, 0.6) is 0 Å². The zero-order valence-corrected chi connectivity index (χ0v) is 20.9. The normalized spacial score (nSPS) is 30.7. The molecule has 7 unspecified atom stereocenters. The fourth-order valence-electron chi connectivity index (χ4n) is 6.46. The van der Waals surface area contributed by atoms with Crippen LogP contribution in [0, 0.1) is 41.4 Å². The fourth-order valence-corrected chi connectivity index (χ4v) is 6.94. The summed E-state index contributed by atoms with van der Waals surface area (Å²) in [5.41, 5.74) is 0. The number of allylic oxidation sites excluding steroid dienone is 1. The Balaban J connectivity index is 1.96. The third-order valence-electron chi connectivity index (χ3n) is 8.55. The van der Waals surface area contributed by atoms with Gasteiger partial charge in [0.05, 0.1) is 0 Å². The Morgan fingerprint density at radius 3 is 2.34 bits per heavy atom. The van der Waals surface area contributed by atoms with E-state index in [0.29, 0.717) is 5.38 Å². The first-order chi connectivity index (χ1) is 14.0. The van der Waals surface area contributed by atoms with Crippen molar-refractivity contribution in [3.05, 3.63) is 12.7 Å². The van der Waals surface area contributed by atoms with Gasteiger partial charge in [0, 0.05) is 5.38 Å². The van der Waals surface area contributed by atoms with Crippen molar-refractivity contribution in [1.29, 1.82) is 0 Å². The van der Waals surface area contributed by atoms with E-state index in [4.69, 9.17) is 11.6 Å². The Morgan fingerprint density at radius 1 is 1.00 bits per heavy atom. The molecule has 1 heteroatoms. The maximum absolute atomic E-state index is 7.23. The van der Waals surface area contributed by atoms with Gasteiger partial charge in [0.2, 0.25) is 0 Å². The molecule has 0 radical (unpaired) electrons. The quantitative estimate of drug-likeness (QED) is 0.140. The molecular formula is C28H51Cl. The van der Waals surface area contributed by atoms with Crippen LogP contribution in [0.3, 0.4) is 0 Å². The Kier molecular flexibility index (Phi) is 11.7. The molecule has 0 saturated heterocycles. The molecule has 29 heavy (non-hydrogen) atoms. The molecule has 7 atom stereocenters. The van der Waals surface area contributed by atoms with Crippen molar-refractivity contribution in [2.24, 2.45) is 41.4 Å². The van der Waals surface area contributed by atoms with Gasteiger partial charge in [-0.25, -0.2) is 0 Å². The number of hydrogen-bond acceptors (Lipinski definition) is 0. The van der Waals surface area contributed by atoms with Crippen LogP contribution >= 0.6 is 11.6 Å². The molecule has 0 amide bonds. The predicted molar refractivity (Wildman–Crippen MR) is 132 cm³/mol. The van der Waals surface area contributed by atoms with Gasteiger partial charge >= 0.3 is 0 Å². The number of unbranched alkanes of at least 4 members (excludes halogenated alkanes) is 1. The van der Waals surface area contributed by atoms with Crippen LogP contribution in [0.4, 0.5) is 0 Å². The van der Waals surface area contributed by atoms with Gasteiger partial charge in [-0.2, -0.15) is 0 Å². The van der Waals surface area contributed by atoms with Gasteiger partial charge in [-0.15, -0.1) is 18.2 Å². The summed E-state index contributed by atoms with van der Waals surface area (Å²) in [6.45, 7) is 13.7. The highest BCUT2D eigenvalue weighted by Crippen LogP contribution is 2.46. The summed E-state index contributed by atoms with van der Waals surface area (Å²) in [6.07, 6.45) is 21.2. The Bertz CT molecular complexity index is 440. The number of alkyl halides is 1. The summed E-state index contributed by atoms with van der Waals surface area (Å²) in [5, 5.41) is 0.377. The molecule has 0 aromatic rings. The summed E-state index contributed by atoms with van der Waals surface area (Å²) < 4.78 is 0. The predicted octanol–water partition coefficient (Wildman–Crippen LogP) is 9.66. The molecule has 2 fully saturated rings. The van der Waals surface area contributed by atoms with Gasteiger partial charge < -0.3 is 0 Å². The average Bonchev–Trinajstić information content (AvgIpc) is 3.51. The molecule has 0 nitrogen and oxygen atoms in total. The molecule has 170 valence electrons. The third kappa shape index (κ3) is 8.59. The number of hydrogen-bond donors (Lipinski definition) is 0. The lowest BCUT2D eigenvalue weighted by Crippen LogP contribution is -2.35. The fraction of sp³-hybridized carbons (Fsp3) is 0.929. The minimum Gasteiger partial charge on any atom is -0.123 e. The summed E-state index contributed by atoms with van der Waals surface area (Å²) in [7, 11) is 0. The molecule has 0 spiro atoms. The first-order valence-electron chi connectivity index (χ1n) is 13.2. The zero-order chi connectivity index (χ0) is 21.2. The molecule has 0 heterocycles. The van der Waals surface area contributed by atoms with Crippen LogP contribution < -0.4 is 0 Å². The van der Waals surface area contributed by atoms with Crippen molar-refractivity contribution in [2.75, 3.05) is 0 Å². The Labute approximate surface area is 188 Å². The van der Waals surface area contributed by atoms with E-state index < -0.39 is 0 Å². The van der Waals surface area contributed by atoms with Crippen molar-refractivity contribution in [2.45, 2.75) is 123 Å². The molecule has 2 aliphatic carbocycles. The molecule has 2 saturated carbocycles. The molecule has 0 aromatic heterocycles. The summed E-state index contributed by atoms with van der Waals surface area (Å²) in [5.74, 6) is 6.24. The van der Waals surface area contributed by atoms with Crippen molar-refractivity contribution >= 4 is 11.6 Å². The van der Waals surface area contributed by atoms with E-state index in [0.717, 1.165) is 47.8 Å². The number of halogens is 1. The average molecular weight is 423 g/mol. The third-order valence-corrected chi connectivity index (χ3v) is 9.08. The molecular weight excluding hydrogens is 372 g/mol. The van der Waals surface area contributed by atoms with E-state index in [1.165, 1.54) is 83.5 Å². The number of rotatable bonds is 15. The minimum atomic E-state index is 0.377. The molecule has 2 rings (SSSR count). The largest absolute Gasteiger partial charge is 0.123 e. The summed E-state index contributed by atoms with van der Waals surface area (Å²) >= 11 is 7.23. The monoisotopic (exact) mass is 422 g/mol. The topological polar surface area (TPSA) is 0 Å². The van der Waals surface area contributed by atoms with Crippen molar-refractivity contribution in [1.82, 2.24) is 0 Å². The van der Waals surface area contributed by atoms with E-state index in [9.17, 15) is 0 Å². The summed E-state index contributed by atoms with van der Waals surface area (Å²) in [4.78, 5) is 0. The van der Waals surface area contributed by atoms with Crippen LogP contribution in [0.25, 0.3) is 0 Å². The van der Waals surface area contributed by atoms with Gasteiger partial charge in [-0.3, -0.25) is 0 Å². The molecule has 0 bridgehead atoms. The van der Waals surface area contributed by atoms with Crippen molar-refractivity contribution < 1.29 is 0 Å². The second-order valence-corrected chi connectivity index (χ2v) is 11.5. The van der Waals surface area contributed by atoms with Gasteiger partial charge in [0.15, 0.2) is 0 Å². The first kappa shape index (κ1) is 25.3. The lowest BCUT2D eigenvalue weighted by molar-refractivity contribution is 0.0749. The smallest absolute Gasteiger partial charge is 0.0367 e. The highest BCUT2D eigenvalue weighted by molar-refractivity contribution is 6.20. The maximum Gasteiger partial charge on any atom is 0.0367 e. The van der Waals surface area contributed by atoms with Gasteiger partial charge in [-0.1, -0.05) is 78.7 Å². The maximum atomic E-state index is 7.23. The highest BCUT2D eigenvalue weighted by atomic mass is 35.5. The van der Waals surface area contributed by atoms with E-state index in [2.05, 4.69) is 40.3 Å². The molecule has 0 aliphatic heterocycles. The van der Waals surface area contributed by atoms with Crippen LogP contribution in [-0.2, 0) is 0 Å². The first-order valence-corrected chi connectivity index (χ1v) is 13.7. The van der Waals surface area contributed by atoms with Crippen LogP contribution in [0.1, 0.15) is 118 Å². The van der Waals surface area contributed by atoms with Gasteiger partial charge in [0.25, 0.3) is 0 Å². The lowest BCUT2D eigenvalue weighted by atomic mass is 9.63. The summed E-state index contributed by atoms with van der Waals surface area (Å²) in [6, 6.07) is 0. The second kappa shape index (κ2) is 13.4. The Hall–Kier alpha value is 0.0300. The standard InChI is InChI=1S/C28H51Cl/c1-6-9-10-14-25(15-11-13-23-16-17-23)28(29)20-26(12-7-2)27-19-24(8-3)21(4)18-22(27)5/h6,21-28H,1,7-20H2,2-5H3. The second-order valence-electron chi connectivity index (χ2n) is 10.9. The minimum absolute atomic E-state index is 0.377. The van der Waals surface area contributed by atoms with Crippen LogP contribution in [-0.4, -0.2) is 5.38 Å². The lowest BCUT2D eigenvalue weighted by Gasteiger charge is -2.43. The van der Waals surface area contributed by atoms with Crippen molar-refractivity contribution in [3.63, 3.8) is 0 Å². The van der Waals surface area contributed by atoms with Crippen molar-refractivity contribution in [3.8, 4) is 0 Å². The van der Waals surface area contributed by atoms with Gasteiger partial charge in [-0.05, 0) is 86.4 Å². The van der Waals surface area contributed by atoms with E-state index >= 15 is 0 Å². The SMILES string of the molecule is C=CCCCC(CCCC1CC1)C(Cl)CC(CCC)C1CC(CC)C(C)CC1C. The zero-order valence-electron chi connectivity index (χ0n) is 20.2. The highest BCUT2D eigenvalue weighted by Gasteiger charge is 2.37. The van der Waals surface area contributed by atoms with Crippen LogP contribution in [0.15, 0.2) is 12.7 Å². The Morgan fingerprint density at radius 2 is 1.72 bits per heavy atom. The van der Waals surface area contributed by atoms with Crippen LogP contribution in [0.2, 0.25) is 0 Å². The van der Waals surface area contributed by atoms with Gasteiger partial charge in [0.1, 0.15) is 0 Å². The van der Waals surface area contributed by atoms with E-state index in [1.807, 2.05) is 0 Å². The molecule has 2 aliphatic rings.